The van der Waals surface area contributed by atoms with Crippen LogP contribution >= 0.6 is 11.8 Å². The predicted octanol–water partition coefficient (Wildman–Crippen LogP) is 2.70. The average Bonchev–Trinajstić information content (AvgIpc) is 2.68. The first-order chi connectivity index (χ1) is 14.1. The highest BCUT2D eigenvalue weighted by Gasteiger charge is 2.30. The molecule has 0 aliphatic carbocycles. The summed E-state index contributed by atoms with van der Waals surface area (Å²) < 4.78 is 32.7. The molecule has 160 valence electrons. The first-order valence-electron chi connectivity index (χ1n) is 9.14. The van der Waals surface area contributed by atoms with Crippen LogP contribution in [-0.4, -0.2) is 50.5 Å². The van der Waals surface area contributed by atoms with Crippen LogP contribution in [0.3, 0.4) is 0 Å². The zero-order valence-electron chi connectivity index (χ0n) is 17.1. The van der Waals surface area contributed by atoms with Crippen molar-refractivity contribution in [2.24, 2.45) is 0 Å². The summed E-state index contributed by atoms with van der Waals surface area (Å²) in [5.74, 6) is -0.470. The van der Waals surface area contributed by atoms with Gasteiger partial charge in [0.1, 0.15) is 5.75 Å². The minimum atomic E-state index is -3.96. The van der Waals surface area contributed by atoms with Gasteiger partial charge < -0.3 is 15.4 Å². The third kappa shape index (κ3) is 4.61. The fourth-order valence-corrected chi connectivity index (χ4v) is 4.78. The van der Waals surface area contributed by atoms with Crippen LogP contribution in [0, 0.1) is 6.92 Å². The monoisotopic (exact) mass is 449 g/mol. The molecule has 0 bridgehead atoms. The van der Waals surface area contributed by atoms with Crippen LogP contribution in [0.1, 0.15) is 12.5 Å². The molecule has 0 saturated heterocycles. The second-order valence-electron chi connectivity index (χ2n) is 6.90. The Morgan fingerprint density at radius 1 is 1.30 bits per heavy atom. The van der Waals surface area contributed by atoms with Gasteiger partial charge in [0.2, 0.25) is 15.9 Å². The summed E-state index contributed by atoms with van der Waals surface area (Å²) in [6.07, 6.45) is 1.20. The van der Waals surface area contributed by atoms with Gasteiger partial charge in [0.15, 0.2) is 6.10 Å². The van der Waals surface area contributed by atoms with E-state index in [0.717, 1.165) is 9.20 Å². The van der Waals surface area contributed by atoms with Gasteiger partial charge in [-0.2, -0.15) is 4.31 Å². The van der Waals surface area contributed by atoms with Crippen molar-refractivity contribution in [2.75, 3.05) is 30.5 Å². The Morgan fingerprint density at radius 2 is 2.03 bits per heavy atom. The molecule has 1 atom stereocenters. The van der Waals surface area contributed by atoms with Crippen LogP contribution in [0.15, 0.2) is 46.2 Å². The summed E-state index contributed by atoms with van der Waals surface area (Å²) >= 11 is 1.54. The van der Waals surface area contributed by atoms with Crippen molar-refractivity contribution in [1.29, 1.82) is 0 Å². The topological polar surface area (TPSA) is 105 Å². The Labute approximate surface area is 180 Å². The van der Waals surface area contributed by atoms with Gasteiger partial charge in [-0.3, -0.25) is 9.59 Å². The molecule has 0 spiro atoms. The summed E-state index contributed by atoms with van der Waals surface area (Å²) in [6.45, 7) is 2.85. The lowest BCUT2D eigenvalue weighted by Gasteiger charge is -2.25. The van der Waals surface area contributed by atoms with Crippen LogP contribution in [0.4, 0.5) is 11.4 Å². The number of benzene rings is 2. The van der Waals surface area contributed by atoms with E-state index in [-0.39, 0.29) is 23.1 Å². The number of amides is 2. The molecule has 2 aromatic carbocycles. The molecule has 30 heavy (non-hydrogen) atoms. The maximum atomic E-state index is 13.1. The van der Waals surface area contributed by atoms with Crippen LogP contribution < -0.4 is 15.4 Å². The second kappa shape index (κ2) is 8.66. The minimum Gasteiger partial charge on any atom is -0.479 e. The second-order valence-corrected chi connectivity index (χ2v) is 9.80. The largest absolute Gasteiger partial charge is 0.479 e. The fraction of sp³-hybridized carbons (Fsp3) is 0.300. The number of rotatable bonds is 6. The number of likely N-dealkylation sites (N-methyl/N-ethyl adjacent to an activating group) is 1. The molecule has 3 rings (SSSR count). The van der Waals surface area contributed by atoms with E-state index in [0.29, 0.717) is 16.9 Å². The van der Waals surface area contributed by atoms with Crippen molar-refractivity contribution >= 4 is 45.0 Å². The number of carbonyl (C=O) groups excluding carboxylic acids is 2. The van der Waals surface area contributed by atoms with Gasteiger partial charge in [-0.1, -0.05) is 6.07 Å². The van der Waals surface area contributed by atoms with Crippen LogP contribution in [-0.2, 0) is 19.6 Å². The zero-order valence-corrected chi connectivity index (χ0v) is 18.7. The van der Waals surface area contributed by atoms with Crippen LogP contribution in [0.2, 0.25) is 0 Å². The van der Waals surface area contributed by atoms with Crippen LogP contribution in [0.5, 0.6) is 5.75 Å². The molecule has 0 fully saturated rings. The molecule has 2 N–H and O–H groups in total. The number of anilines is 2. The number of sulfonamides is 1. The lowest BCUT2D eigenvalue weighted by atomic mass is 10.1. The van der Waals surface area contributed by atoms with Crippen molar-refractivity contribution in [3.05, 3.63) is 42.0 Å². The summed E-state index contributed by atoms with van der Waals surface area (Å²) in [5, 5.41) is 5.40. The molecule has 0 unspecified atom stereocenters. The Kier molecular flexibility index (Phi) is 6.39. The molecule has 0 aromatic heterocycles. The smallest absolute Gasteiger partial charge is 0.265 e. The highest BCUT2D eigenvalue weighted by atomic mass is 32.2. The van der Waals surface area contributed by atoms with Gasteiger partial charge in [-0.25, -0.2) is 8.42 Å². The van der Waals surface area contributed by atoms with E-state index in [4.69, 9.17) is 4.74 Å². The number of hydrogen-bond acceptors (Lipinski definition) is 6. The van der Waals surface area contributed by atoms with E-state index >= 15 is 0 Å². The summed E-state index contributed by atoms with van der Waals surface area (Å²) in [5.41, 5.74) is 1.46. The Hall–Kier alpha value is -2.56. The maximum absolute atomic E-state index is 13.1. The molecular weight excluding hydrogens is 426 g/mol. The lowest BCUT2D eigenvalue weighted by Crippen LogP contribution is -2.36. The first kappa shape index (κ1) is 22.1. The van der Waals surface area contributed by atoms with E-state index in [2.05, 4.69) is 10.6 Å². The molecular formula is C20H23N3O5S2. The van der Waals surface area contributed by atoms with Gasteiger partial charge in [-0.15, -0.1) is 11.8 Å². The van der Waals surface area contributed by atoms with Crippen molar-refractivity contribution in [3.8, 4) is 5.75 Å². The molecule has 0 saturated carbocycles. The quantitative estimate of drug-likeness (QED) is 0.657. The molecule has 2 amide bonds. The van der Waals surface area contributed by atoms with Crippen molar-refractivity contribution in [3.63, 3.8) is 0 Å². The van der Waals surface area contributed by atoms with E-state index < -0.39 is 22.0 Å². The molecule has 1 aliphatic heterocycles. The normalized spacial score (nSPS) is 15.9. The summed E-state index contributed by atoms with van der Waals surface area (Å²) in [7, 11) is -2.61. The molecule has 10 heteroatoms. The Balaban J connectivity index is 1.78. The van der Waals surface area contributed by atoms with Crippen molar-refractivity contribution in [1.82, 2.24) is 4.31 Å². The summed E-state index contributed by atoms with van der Waals surface area (Å²) in [4.78, 5) is 25.2. The number of aryl methyl sites for hydroxylation is 1. The van der Waals surface area contributed by atoms with Crippen LogP contribution in [0.25, 0.3) is 0 Å². The highest BCUT2D eigenvalue weighted by molar-refractivity contribution is 7.98. The van der Waals surface area contributed by atoms with Gasteiger partial charge in [0, 0.05) is 23.7 Å². The molecule has 8 nitrogen and oxygen atoms in total. The van der Waals surface area contributed by atoms with E-state index in [9.17, 15) is 18.0 Å². The number of nitrogens with zero attached hydrogens (tertiary/aromatic N) is 1. The van der Waals surface area contributed by atoms with Gasteiger partial charge in [-0.05, 0) is 49.9 Å². The summed E-state index contributed by atoms with van der Waals surface area (Å²) in [6, 6.07) is 10.2. The van der Waals surface area contributed by atoms with Gasteiger partial charge >= 0.3 is 0 Å². The number of nitrogens with one attached hydrogen (secondary N) is 2. The van der Waals surface area contributed by atoms with E-state index in [1.54, 1.807) is 37.7 Å². The fourth-order valence-electron chi connectivity index (χ4n) is 2.98. The number of fused-ring (bicyclic) bond motifs is 1. The van der Waals surface area contributed by atoms with Gasteiger partial charge in [0.05, 0.1) is 17.1 Å². The molecule has 1 heterocycles. The number of thioether (sulfide) groups is 1. The van der Waals surface area contributed by atoms with Crippen molar-refractivity contribution < 1.29 is 22.7 Å². The first-order valence-corrected chi connectivity index (χ1v) is 11.8. The Morgan fingerprint density at radius 3 is 2.73 bits per heavy atom. The number of ether oxygens (including phenoxy) is 1. The molecule has 2 aromatic rings. The zero-order chi connectivity index (χ0) is 22.1. The van der Waals surface area contributed by atoms with E-state index in [1.807, 2.05) is 24.5 Å². The molecule has 0 radical (unpaired) electrons. The van der Waals surface area contributed by atoms with Gasteiger partial charge in [0.25, 0.3) is 5.91 Å². The lowest BCUT2D eigenvalue weighted by molar-refractivity contribution is -0.122. The van der Waals surface area contributed by atoms with Crippen molar-refractivity contribution in [2.45, 2.75) is 29.7 Å². The van der Waals surface area contributed by atoms with E-state index in [1.165, 1.54) is 13.1 Å². The number of hydrogen-bond donors (Lipinski definition) is 2. The molecule has 1 aliphatic rings. The Bertz CT molecular complexity index is 1100. The third-order valence-electron chi connectivity index (χ3n) is 4.62. The maximum Gasteiger partial charge on any atom is 0.265 e. The standard InChI is InChI=1S/C20H23N3O5S2/c1-12-8-16-17(28-13(2)20(25)22-16)10-18(12)30(26,27)23(3)11-19(24)21-14-6-5-7-15(9-14)29-4/h5-10,13H,11H2,1-4H3,(H,21,24)(H,22,25)/t13-/m1/s1. The minimum absolute atomic E-state index is 0.0179. The SMILES string of the molecule is CSc1cccc(NC(=O)CN(C)S(=O)(=O)c2cc3c(cc2C)NC(=O)[C@@H](C)O3)c1. The average molecular weight is 450 g/mol. The third-order valence-corrected chi connectivity index (χ3v) is 7.29. The predicted molar refractivity (Wildman–Crippen MR) is 117 cm³/mol. The highest BCUT2D eigenvalue weighted by Crippen LogP contribution is 2.35. The number of carbonyl (C=O) groups is 2.